The highest BCUT2D eigenvalue weighted by Crippen LogP contribution is 2.16. The molecule has 0 fully saturated rings. The molecule has 1 aromatic carbocycles. The predicted molar refractivity (Wildman–Crippen MR) is 74.9 cm³/mol. The van der Waals surface area contributed by atoms with Crippen LogP contribution in [0.25, 0.3) is 5.65 Å². The summed E-state index contributed by atoms with van der Waals surface area (Å²) in [5.74, 6) is 1.05. The van der Waals surface area contributed by atoms with E-state index >= 15 is 0 Å². The summed E-state index contributed by atoms with van der Waals surface area (Å²) in [6.07, 6.45) is 1.53. The maximum Gasteiger partial charge on any atom is 0.227 e. The number of hydrogen-bond acceptors (Lipinski definition) is 5. The van der Waals surface area contributed by atoms with Gasteiger partial charge < -0.3 is 5.32 Å². The van der Waals surface area contributed by atoms with Crippen molar-refractivity contribution in [2.75, 3.05) is 12.4 Å². The molecule has 6 heteroatoms. The largest absolute Gasteiger partial charge is 0.357 e. The van der Waals surface area contributed by atoms with Crippen molar-refractivity contribution in [1.29, 1.82) is 0 Å². The third-order valence-corrected chi connectivity index (χ3v) is 2.98. The van der Waals surface area contributed by atoms with Crippen LogP contribution in [0.1, 0.15) is 21.7 Å². The van der Waals surface area contributed by atoms with E-state index in [4.69, 9.17) is 0 Å². The first-order chi connectivity index (χ1) is 9.70. The number of ketones is 1. The Labute approximate surface area is 115 Å². The second-order valence-corrected chi connectivity index (χ2v) is 4.33. The summed E-state index contributed by atoms with van der Waals surface area (Å²) in [5.41, 5.74) is 1.60. The predicted octanol–water partition coefficient (Wildman–Crippen LogP) is 1.71. The Balaban J connectivity index is 2.18. The minimum absolute atomic E-state index is 0.0965. The standard InChI is InChI=1S/C14H13N5O/c1-9-17-13-11(8-16-19(13)14(15-2)18-9)12(20)10-6-4-3-5-7-10/h3-8H,1-2H3,(H,15,17,18). The van der Waals surface area contributed by atoms with Gasteiger partial charge in [0.15, 0.2) is 11.4 Å². The number of aromatic nitrogens is 4. The monoisotopic (exact) mass is 267 g/mol. The zero-order chi connectivity index (χ0) is 14.1. The molecule has 0 atom stereocenters. The number of anilines is 1. The van der Waals surface area contributed by atoms with Gasteiger partial charge in [0, 0.05) is 12.6 Å². The zero-order valence-corrected chi connectivity index (χ0v) is 11.2. The van der Waals surface area contributed by atoms with Crippen molar-refractivity contribution in [2.45, 2.75) is 6.92 Å². The van der Waals surface area contributed by atoms with Gasteiger partial charge in [0.1, 0.15) is 5.82 Å². The van der Waals surface area contributed by atoms with Crippen LogP contribution >= 0.6 is 0 Å². The molecule has 0 aliphatic carbocycles. The number of aryl methyl sites for hydroxylation is 1. The van der Waals surface area contributed by atoms with Crippen molar-refractivity contribution in [3.05, 3.63) is 53.5 Å². The van der Waals surface area contributed by atoms with Gasteiger partial charge in [-0.15, -0.1) is 0 Å². The van der Waals surface area contributed by atoms with Crippen molar-refractivity contribution in [2.24, 2.45) is 0 Å². The van der Waals surface area contributed by atoms with E-state index in [1.165, 1.54) is 10.7 Å². The molecule has 0 saturated carbocycles. The summed E-state index contributed by atoms with van der Waals surface area (Å²) >= 11 is 0. The molecule has 0 aliphatic heterocycles. The van der Waals surface area contributed by atoms with Crippen LogP contribution in [0.5, 0.6) is 0 Å². The summed E-state index contributed by atoms with van der Waals surface area (Å²) in [5, 5.41) is 7.13. The van der Waals surface area contributed by atoms with E-state index in [2.05, 4.69) is 20.4 Å². The van der Waals surface area contributed by atoms with E-state index in [1.54, 1.807) is 26.1 Å². The van der Waals surface area contributed by atoms with Gasteiger partial charge in [0.25, 0.3) is 0 Å². The molecule has 0 saturated heterocycles. The average Bonchev–Trinajstić information content (AvgIpc) is 2.90. The molecule has 3 aromatic rings. The lowest BCUT2D eigenvalue weighted by atomic mass is 10.1. The molecule has 20 heavy (non-hydrogen) atoms. The maximum atomic E-state index is 12.5. The number of benzene rings is 1. The molecular formula is C14H13N5O. The Morgan fingerprint density at radius 3 is 2.65 bits per heavy atom. The zero-order valence-electron chi connectivity index (χ0n) is 11.2. The molecule has 0 bridgehead atoms. The van der Waals surface area contributed by atoms with E-state index < -0.39 is 0 Å². The van der Waals surface area contributed by atoms with Crippen LogP contribution < -0.4 is 5.32 Å². The fourth-order valence-corrected chi connectivity index (χ4v) is 2.05. The van der Waals surface area contributed by atoms with Crippen molar-refractivity contribution in [3.8, 4) is 0 Å². The number of rotatable bonds is 3. The fraction of sp³-hybridized carbons (Fsp3) is 0.143. The van der Waals surface area contributed by atoms with Crippen molar-refractivity contribution in [1.82, 2.24) is 19.6 Å². The Kier molecular flexibility index (Phi) is 2.90. The third-order valence-electron chi connectivity index (χ3n) is 2.98. The fourth-order valence-electron chi connectivity index (χ4n) is 2.05. The molecule has 0 amide bonds. The van der Waals surface area contributed by atoms with E-state index in [-0.39, 0.29) is 5.78 Å². The second-order valence-electron chi connectivity index (χ2n) is 4.33. The molecule has 0 radical (unpaired) electrons. The Hall–Kier alpha value is -2.76. The maximum absolute atomic E-state index is 12.5. The molecule has 0 unspecified atom stereocenters. The number of carbonyl (C=O) groups is 1. The molecule has 100 valence electrons. The van der Waals surface area contributed by atoms with E-state index in [9.17, 15) is 4.79 Å². The number of hydrogen-bond donors (Lipinski definition) is 1. The van der Waals surface area contributed by atoms with Crippen molar-refractivity contribution in [3.63, 3.8) is 0 Å². The quantitative estimate of drug-likeness (QED) is 0.731. The lowest BCUT2D eigenvalue weighted by Crippen LogP contribution is -2.07. The minimum Gasteiger partial charge on any atom is -0.357 e. The minimum atomic E-state index is -0.0965. The highest BCUT2D eigenvalue weighted by atomic mass is 16.1. The number of carbonyl (C=O) groups excluding carboxylic acids is 1. The third kappa shape index (κ3) is 1.91. The van der Waals surface area contributed by atoms with Crippen LogP contribution in [0.3, 0.4) is 0 Å². The van der Waals surface area contributed by atoms with Crippen LogP contribution in [-0.4, -0.2) is 32.4 Å². The normalized spacial score (nSPS) is 10.7. The summed E-state index contributed by atoms with van der Waals surface area (Å²) in [4.78, 5) is 21.0. The second kappa shape index (κ2) is 4.73. The van der Waals surface area contributed by atoms with Gasteiger partial charge in [-0.1, -0.05) is 30.3 Å². The van der Waals surface area contributed by atoms with Crippen molar-refractivity contribution < 1.29 is 4.79 Å². The van der Waals surface area contributed by atoms with Crippen LogP contribution in [0.4, 0.5) is 5.95 Å². The SMILES string of the molecule is CNc1nc(C)nc2c(C(=O)c3ccccc3)cnn12. The van der Waals surface area contributed by atoms with Gasteiger partial charge >= 0.3 is 0 Å². The number of nitrogens with zero attached hydrogens (tertiary/aromatic N) is 4. The van der Waals surface area contributed by atoms with Crippen molar-refractivity contribution >= 4 is 17.4 Å². The van der Waals surface area contributed by atoms with Crippen LogP contribution in [-0.2, 0) is 0 Å². The summed E-state index contributed by atoms with van der Waals surface area (Å²) < 4.78 is 1.53. The van der Waals surface area contributed by atoms with E-state index in [0.29, 0.717) is 28.5 Å². The van der Waals surface area contributed by atoms with Gasteiger partial charge in [-0.25, -0.2) is 4.98 Å². The highest BCUT2D eigenvalue weighted by molar-refractivity contribution is 6.12. The molecule has 1 N–H and O–H groups in total. The Morgan fingerprint density at radius 1 is 1.20 bits per heavy atom. The highest BCUT2D eigenvalue weighted by Gasteiger charge is 2.17. The first-order valence-corrected chi connectivity index (χ1v) is 6.20. The topological polar surface area (TPSA) is 72.2 Å². The summed E-state index contributed by atoms with van der Waals surface area (Å²) in [6.45, 7) is 1.78. The average molecular weight is 267 g/mol. The molecule has 2 heterocycles. The molecule has 2 aromatic heterocycles. The first kappa shape index (κ1) is 12.3. The molecular weight excluding hydrogens is 254 g/mol. The number of nitrogens with one attached hydrogen (secondary N) is 1. The lowest BCUT2D eigenvalue weighted by Gasteiger charge is -2.04. The lowest BCUT2D eigenvalue weighted by molar-refractivity contribution is 0.104. The first-order valence-electron chi connectivity index (χ1n) is 6.20. The Bertz CT molecular complexity index is 779. The van der Waals surface area contributed by atoms with Gasteiger partial charge in [0.05, 0.1) is 11.8 Å². The van der Waals surface area contributed by atoms with Gasteiger partial charge in [-0.2, -0.15) is 14.6 Å². The molecule has 3 rings (SSSR count). The van der Waals surface area contributed by atoms with Crippen LogP contribution in [0.15, 0.2) is 36.5 Å². The van der Waals surface area contributed by atoms with E-state index in [0.717, 1.165) is 0 Å². The molecule has 0 spiro atoms. The summed E-state index contributed by atoms with van der Waals surface area (Å²) in [7, 11) is 1.75. The van der Waals surface area contributed by atoms with Crippen LogP contribution in [0, 0.1) is 6.92 Å². The Morgan fingerprint density at radius 2 is 1.95 bits per heavy atom. The van der Waals surface area contributed by atoms with E-state index in [1.807, 2.05) is 18.2 Å². The van der Waals surface area contributed by atoms with Gasteiger partial charge in [0.2, 0.25) is 5.95 Å². The van der Waals surface area contributed by atoms with Gasteiger partial charge in [-0.05, 0) is 6.92 Å². The number of fused-ring (bicyclic) bond motifs is 1. The molecule has 6 nitrogen and oxygen atoms in total. The summed E-state index contributed by atoms with van der Waals surface area (Å²) in [6, 6.07) is 9.09. The van der Waals surface area contributed by atoms with Gasteiger partial charge in [-0.3, -0.25) is 4.79 Å². The van der Waals surface area contributed by atoms with Crippen LogP contribution in [0.2, 0.25) is 0 Å². The smallest absolute Gasteiger partial charge is 0.227 e. The molecule has 0 aliphatic rings.